The van der Waals surface area contributed by atoms with E-state index in [1.807, 2.05) is 25.2 Å². The molecule has 1 amide bonds. The van der Waals surface area contributed by atoms with E-state index in [-0.39, 0.29) is 12.5 Å². The molecule has 0 aliphatic heterocycles. The highest BCUT2D eigenvalue weighted by molar-refractivity contribution is 5.87. The lowest BCUT2D eigenvalue weighted by molar-refractivity contribution is -0.134. The lowest BCUT2D eigenvalue weighted by atomic mass is 10.2. The van der Waals surface area contributed by atoms with Gasteiger partial charge >= 0.3 is 5.97 Å². The molecule has 0 spiro atoms. The number of hydrogen-bond acceptors (Lipinski definition) is 6. The highest BCUT2D eigenvalue weighted by Gasteiger charge is 2.08. The molecule has 7 heteroatoms. The van der Waals surface area contributed by atoms with Gasteiger partial charge in [-0.3, -0.25) is 4.79 Å². The van der Waals surface area contributed by atoms with Crippen molar-refractivity contribution >= 4 is 23.6 Å². The van der Waals surface area contributed by atoms with Gasteiger partial charge in [-0.2, -0.15) is 0 Å². The van der Waals surface area contributed by atoms with E-state index in [1.54, 1.807) is 24.3 Å². The number of hydrogen-bond donors (Lipinski definition) is 1. The summed E-state index contributed by atoms with van der Waals surface area (Å²) in [4.78, 5) is 25.4. The van der Waals surface area contributed by atoms with Crippen LogP contribution in [-0.4, -0.2) is 52.8 Å². The molecule has 0 fully saturated rings. The lowest BCUT2D eigenvalue weighted by Crippen LogP contribution is -2.31. The van der Waals surface area contributed by atoms with Crippen LogP contribution in [0.3, 0.4) is 0 Å². The van der Waals surface area contributed by atoms with Crippen LogP contribution in [0.25, 0.3) is 6.08 Å². The molecule has 2 aromatic carbocycles. The van der Waals surface area contributed by atoms with E-state index in [0.717, 1.165) is 24.2 Å². The number of ether oxygens (including phenoxy) is 3. The van der Waals surface area contributed by atoms with Crippen LogP contribution >= 0.6 is 0 Å². The molecule has 2 aromatic rings. The zero-order valence-electron chi connectivity index (χ0n) is 17.6. The van der Waals surface area contributed by atoms with Gasteiger partial charge in [0.2, 0.25) is 0 Å². The van der Waals surface area contributed by atoms with Gasteiger partial charge in [-0.25, -0.2) is 4.79 Å². The number of rotatable bonds is 11. The number of nitrogens with one attached hydrogen (secondary N) is 1. The zero-order valence-corrected chi connectivity index (χ0v) is 17.6. The van der Waals surface area contributed by atoms with Gasteiger partial charge in [-0.15, -0.1) is 0 Å². The van der Waals surface area contributed by atoms with E-state index in [2.05, 4.69) is 27.1 Å². The van der Waals surface area contributed by atoms with E-state index < -0.39 is 5.97 Å². The fourth-order valence-electron chi connectivity index (χ4n) is 2.69. The van der Waals surface area contributed by atoms with Gasteiger partial charge in [0, 0.05) is 31.9 Å². The summed E-state index contributed by atoms with van der Waals surface area (Å²) in [6.07, 6.45) is 3.75. The fourth-order valence-corrected chi connectivity index (χ4v) is 2.69. The number of para-hydroxylation sites is 1. The van der Waals surface area contributed by atoms with Crippen molar-refractivity contribution < 1.29 is 23.8 Å². The second-order valence-corrected chi connectivity index (χ2v) is 6.52. The summed E-state index contributed by atoms with van der Waals surface area (Å²) in [5, 5.41) is 2.85. The van der Waals surface area contributed by atoms with E-state index in [4.69, 9.17) is 9.47 Å². The third-order valence-corrected chi connectivity index (χ3v) is 4.35. The van der Waals surface area contributed by atoms with E-state index >= 15 is 0 Å². The van der Waals surface area contributed by atoms with Crippen molar-refractivity contribution in [2.45, 2.75) is 6.42 Å². The van der Waals surface area contributed by atoms with Crippen LogP contribution in [0.4, 0.5) is 5.69 Å². The van der Waals surface area contributed by atoms with Crippen molar-refractivity contribution in [3.8, 4) is 11.5 Å². The summed E-state index contributed by atoms with van der Waals surface area (Å²) >= 11 is 0. The highest BCUT2D eigenvalue weighted by atomic mass is 16.5. The molecule has 0 saturated heterocycles. The van der Waals surface area contributed by atoms with E-state index in [1.165, 1.54) is 20.3 Å². The summed E-state index contributed by atoms with van der Waals surface area (Å²) in [5.74, 6) is 0.279. The Kier molecular flexibility index (Phi) is 9.24. The second kappa shape index (κ2) is 12.2. The summed E-state index contributed by atoms with van der Waals surface area (Å²) in [6, 6.07) is 15.3. The standard InChI is InChI=1S/C23H28N2O5/c1-25(19-8-5-4-6-9-19)15-7-14-24-22(26)17-30-20-12-10-18(16-21(20)28-2)11-13-23(27)29-3/h4-6,8-13,16H,7,14-15,17H2,1-3H3,(H,24,26)/b13-11+. The Morgan fingerprint density at radius 2 is 1.83 bits per heavy atom. The third kappa shape index (κ3) is 7.50. The maximum Gasteiger partial charge on any atom is 0.330 e. The second-order valence-electron chi connectivity index (χ2n) is 6.52. The first-order valence-corrected chi connectivity index (χ1v) is 9.63. The maximum atomic E-state index is 12.1. The van der Waals surface area contributed by atoms with Crippen LogP contribution in [0.5, 0.6) is 11.5 Å². The van der Waals surface area contributed by atoms with Crippen LogP contribution in [0.1, 0.15) is 12.0 Å². The van der Waals surface area contributed by atoms with Crippen molar-refractivity contribution in [3.05, 3.63) is 60.2 Å². The Morgan fingerprint density at radius 3 is 2.53 bits per heavy atom. The molecule has 0 bridgehead atoms. The van der Waals surface area contributed by atoms with Crippen LogP contribution < -0.4 is 19.7 Å². The van der Waals surface area contributed by atoms with Gasteiger partial charge < -0.3 is 24.4 Å². The molecule has 160 valence electrons. The normalized spacial score (nSPS) is 10.5. The number of nitrogens with zero attached hydrogens (tertiary/aromatic N) is 1. The quantitative estimate of drug-likeness (QED) is 0.347. The molecule has 0 radical (unpaired) electrons. The monoisotopic (exact) mass is 412 g/mol. The minimum Gasteiger partial charge on any atom is -0.493 e. The fraction of sp³-hybridized carbons (Fsp3) is 0.304. The third-order valence-electron chi connectivity index (χ3n) is 4.35. The highest BCUT2D eigenvalue weighted by Crippen LogP contribution is 2.28. The maximum absolute atomic E-state index is 12.1. The molecule has 1 N–H and O–H groups in total. The Labute approximate surface area is 177 Å². The molecule has 7 nitrogen and oxygen atoms in total. The average molecular weight is 412 g/mol. The van der Waals surface area contributed by atoms with Crippen LogP contribution in [0.15, 0.2) is 54.6 Å². The molecule has 0 heterocycles. The van der Waals surface area contributed by atoms with Gasteiger partial charge in [0.25, 0.3) is 5.91 Å². The first-order chi connectivity index (χ1) is 14.5. The van der Waals surface area contributed by atoms with E-state index in [0.29, 0.717) is 18.0 Å². The summed E-state index contributed by atoms with van der Waals surface area (Å²) in [6.45, 7) is 1.29. The Bertz CT molecular complexity index is 852. The SMILES string of the molecule is COC(=O)/C=C/c1ccc(OCC(=O)NCCCN(C)c2ccccc2)c(OC)c1. The van der Waals surface area contributed by atoms with Crippen molar-refractivity contribution in [2.24, 2.45) is 0 Å². The molecule has 0 saturated carbocycles. The van der Waals surface area contributed by atoms with Gasteiger partial charge in [-0.1, -0.05) is 24.3 Å². The van der Waals surface area contributed by atoms with Gasteiger partial charge in [0.1, 0.15) is 0 Å². The molecule has 0 aliphatic carbocycles. The predicted octanol–water partition coefficient (Wildman–Crippen LogP) is 2.90. The van der Waals surface area contributed by atoms with Gasteiger partial charge in [0.05, 0.1) is 14.2 Å². The zero-order chi connectivity index (χ0) is 21.8. The summed E-state index contributed by atoms with van der Waals surface area (Å²) < 4.78 is 15.4. The number of carbonyl (C=O) groups excluding carboxylic acids is 2. The predicted molar refractivity (Wildman–Crippen MR) is 117 cm³/mol. The summed E-state index contributed by atoms with van der Waals surface area (Å²) in [5.41, 5.74) is 1.89. The van der Waals surface area contributed by atoms with Crippen LogP contribution in [0, 0.1) is 0 Å². The first-order valence-electron chi connectivity index (χ1n) is 9.63. The first kappa shape index (κ1) is 22.8. The van der Waals surface area contributed by atoms with Crippen molar-refractivity contribution in [3.63, 3.8) is 0 Å². The Balaban J connectivity index is 1.75. The molecule has 0 aliphatic rings. The van der Waals surface area contributed by atoms with Crippen molar-refractivity contribution in [1.29, 1.82) is 0 Å². The molecule has 30 heavy (non-hydrogen) atoms. The smallest absolute Gasteiger partial charge is 0.330 e. The molecule has 2 rings (SSSR count). The number of amides is 1. The molecular weight excluding hydrogens is 384 g/mol. The number of methoxy groups -OCH3 is 2. The van der Waals surface area contributed by atoms with Crippen LogP contribution in [0.2, 0.25) is 0 Å². The molecule has 0 unspecified atom stereocenters. The number of anilines is 1. The minimum atomic E-state index is -0.444. The summed E-state index contributed by atoms with van der Waals surface area (Å²) in [7, 11) is 4.85. The topological polar surface area (TPSA) is 77.1 Å². The molecule has 0 aromatic heterocycles. The van der Waals surface area contributed by atoms with Gasteiger partial charge in [-0.05, 0) is 42.3 Å². The van der Waals surface area contributed by atoms with Crippen molar-refractivity contribution in [1.82, 2.24) is 5.32 Å². The number of benzene rings is 2. The number of esters is 1. The van der Waals surface area contributed by atoms with Gasteiger partial charge in [0.15, 0.2) is 18.1 Å². The van der Waals surface area contributed by atoms with E-state index in [9.17, 15) is 9.59 Å². The minimum absolute atomic E-state index is 0.109. The van der Waals surface area contributed by atoms with Crippen molar-refractivity contribution in [2.75, 3.05) is 45.9 Å². The van der Waals surface area contributed by atoms with Crippen LogP contribution in [-0.2, 0) is 14.3 Å². The average Bonchev–Trinajstić information content (AvgIpc) is 2.79. The largest absolute Gasteiger partial charge is 0.493 e. The Morgan fingerprint density at radius 1 is 1.07 bits per heavy atom. The molecule has 0 atom stereocenters. The molecular formula is C23H28N2O5. The lowest BCUT2D eigenvalue weighted by Gasteiger charge is -2.19. The Hall–Kier alpha value is -3.48. The number of carbonyl (C=O) groups is 2.